The number of esters is 1. The van der Waals surface area contributed by atoms with E-state index in [1.165, 1.54) is 12.0 Å². The molecule has 0 atom stereocenters. The normalized spacial score (nSPS) is 17.8. The topological polar surface area (TPSA) is 72.6 Å². The molecule has 0 saturated heterocycles. The Morgan fingerprint density at radius 3 is 2.31 bits per heavy atom. The quantitative estimate of drug-likeness (QED) is 0.701. The van der Waals surface area contributed by atoms with Crippen LogP contribution in [0.1, 0.15) is 33.1 Å². The zero-order chi connectivity index (χ0) is 12.3. The molecule has 1 aliphatic rings. The van der Waals surface area contributed by atoms with Crippen LogP contribution in [0, 0.1) is 0 Å². The summed E-state index contributed by atoms with van der Waals surface area (Å²) >= 11 is 0. The third kappa shape index (κ3) is 2.52. The Morgan fingerprint density at radius 1 is 1.44 bits per heavy atom. The molecular weight excluding hydrogens is 208 g/mol. The van der Waals surface area contributed by atoms with Crippen LogP contribution in [0.3, 0.4) is 0 Å². The van der Waals surface area contributed by atoms with Gasteiger partial charge in [0.05, 0.1) is 12.6 Å². The molecule has 0 aromatic rings. The highest BCUT2D eigenvalue weighted by molar-refractivity contribution is 5.90. The minimum absolute atomic E-state index is 0.0219. The Kier molecular flexibility index (Phi) is 3.91. The van der Waals surface area contributed by atoms with Gasteiger partial charge in [0.15, 0.2) is 0 Å². The van der Waals surface area contributed by atoms with E-state index in [0.717, 1.165) is 6.42 Å². The first-order chi connectivity index (χ1) is 7.40. The van der Waals surface area contributed by atoms with Gasteiger partial charge in [-0.05, 0) is 33.1 Å². The molecule has 0 aliphatic heterocycles. The molecule has 1 aliphatic carbocycles. The first-order valence-electron chi connectivity index (χ1n) is 5.57. The van der Waals surface area contributed by atoms with Gasteiger partial charge in [-0.1, -0.05) is 0 Å². The second kappa shape index (κ2) is 4.82. The van der Waals surface area contributed by atoms with Gasteiger partial charge in [0, 0.05) is 6.04 Å². The van der Waals surface area contributed by atoms with E-state index in [9.17, 15) is 9.59 Å². The summed E-state index contributed by atoms with van der Waals surface area (Å²) in [5.74, 6) is -0.552. The summed E-state index contributed by atoms with van der Waals surface area (Å²) in [5.41, 5.74) is 5.21. The van der Waals surface area contributed by atoms with Crippen molar-refractivity contribution in [2.24, 2.45) is 5.73 Å². The van der Waals surface area contributed by atoms with E-state index in [1.807, 2.05) is 13.8 Å². The second-order valence-corrected chi connectivity index (χ2v) is 4.61. The lowest BCUT2D eigenvalue weighted by Crippen LogP contribution is -2.61. The van der Waals surface area contributed by atoms with Crippen LogP contribution in [0.2, 0.25) is 0 Å². The molecule has 0 aromatic heterocycles. The van der Waals surface area contributed by atoms with Crippen molar-refractivity contribution in [1.82, 2.24) is 4.90 Å². The molecule has 0 bridgehead atoms. The minimum atomic E-state index is -0.752. The number of hydrogen-bond donors (Lipinski definition) is 1. The highest BCUT2D eigenvalue weighted by Gasteiger charge is 2.43. The highest BCUT2D eigenvalue weighted by Crippen LogP contribution is 2.31. The fourth-order valence-electron chi connectivity index (χ4n) is 1.75. The molecule has 0 radical (unpaired) electrons. The zero-order valence-corrected chi connectivity index (χ0v) is 10.2. The van der Waals surface area contributed by atoms with Gasteiger partial charge in [-0.15, -0.1) is 0 Å². The van der Waals surface area contributed by atoms with Crippen LogP contribution >= 0.6 is 0 Å². The van der Waals surface area contributed by atoms with Gasteiger partial charge >= 0.3 is 5.97 Å². The van der Waals surface area contributed by atoms with Gasteiger partial charge in [-0.3, -0.25) is 9.59 Å². The van der Waals surface area contributed by atoms with Crippen LogP contribution in [0.15, 0.2) is 0 Å². The summed E-state index contributed by atoms with van der Waals surface area (Å²) in [5, 5.41) is 0. The summed E-state index contributed by atoms with van der Waals surface area (Å²) in [6.45, 7) is 3.71. The highest BCUT2D eigenvalue weighted by atomic mass is 16.5. The SMILES string of the molecule is COC(=O)CN(C(=O)C1(N)CCC1)C(C)C. The van der Waals surface area contributed by atoms with Gasteiger partial charge in [-0.2, -0.15) is 0 Å². The standard InChI is InChI=1S/C11H20N2O3/c1-8(2)13(7-9(14)16-3)10(15)11(12)5-4-6-11/h8H,4-7,12H2,1-3H3. The number of methoxy groups -OCH3 is 1. The molecule has 0 spiro atoms. The van der Waals surface area contributed by atoms with E-state index >= 15 is 0 Å². The summed E-state index contributed by atoms with van der Waals surface area (Å²) in [7, 11) is 1.31. The second-order valence-electron chi connectivity index (χ2n) is 4.61. The van der Waals surface area contributed by atoms with Crippen molar-refractivity contribution in [2.45, 2.75) is 44.7 Å². The first-order valence-corrected chi connectivity index (χ1v) is 5.57. The molecule has 0 aromatic carbocycles. The van der Waals surface area contributed by atoms with Crippen LogP contribution in [-0.2, 0) is 14.3 Å². The Labute approximate surface area is 95.9 Å². The van der Waals surface area contributed by atoms with E-state index in [2.05, 4.69) is 4.74 Å². The first kappa shape index (κ1) is 13.0. The van der Waals surface area contributed by atoms with E-state index in [4.69, 9.17) is 5.73 Å². The molecule has 5 nitrogen and oxygen atoms in total. The molecule has 0 heterocycles. The smallest absolute Gasteiger partial charge is 0.325 e. The van der Waals surface area contributed by atoms with Gasteiger partial charge in [0.2, 0.25) is 5.91 Å². The lowest BCUT2D eigenvalue weighted by atomic mass is 9.76. The molecule has 5 heteroatoms. The maximum absolute atomic E-state index is 12.1. The van der Waals surface area contributed by atoms with Crippen molar-refractivity contribution in [2.75, 3.05) is 13.7 Å². The van der Waals surface area contributed by atoms with E-state index < -0.39 is 11.5 Å². The largest absolute Gasteiger partial charge is 0.468 e. The Bertz CT molecular complexity index is 285. The molecule has 0 unspecified atom stereocenters. The maximum atomic E-state index is 12.1. The number of hydrogen-bond acceptors (Lipinski definition) is 4. The van der Waals surface area contributed by atoms with Crippen molar-refractivity contribution in [1.29, 1.82) is 0 Å². The van der Waals surface area contributed by atoms with Crippen LogP contribution in [0.4, 0.5) is 0 Å². The van der Waals surface area contributed by atoms with Crippen molar-refractivity contribution < 1.29 is 14.3 Å². The third-order valence-corrected chi connectivity index (χ3v) is 3.08. The number of carbonyl (C=O) groups is 2. The van der Waals surface area contributed by atoms with E-state index in [0.29, 0.717) is 12.8 Å². The number of nitrogens with two attached hydrogens (primary N) is 1. The van der Waals surface area contributed by atoms with Crippen LogP contribution in [0.25, 0.3) is 0 Å². The van der Waals surface area contributed by atoms with Gasteiger partial charge in [0.1, 0.15) is 6.54 Å². The van der Waals surface area contributed by atoms with Gasteiger partial charge in [0.25, 0.3) is 0 Å². The third-order valence-electron chi connectivity index (χ3n) is 3.08. The molecule has 2 N–H and O–H groups in total. The van der Waals surface area contributed by atoms with Crippen molar-refractivity contribution >= 4 is 11.9 Å². The summed E-state index contributed by atoms with van der Waals surface area (Å²) in [4.78, 5) is 24.8. The van der Waals surface area contributed by atoms with Crippen LogP contribution in [0.5, 0.6) is 0 Å². The Morgan fingerprint density at radius 2 is 2.00 bits per heavy atom. The molecule has 16 heavy (non-hydrogen) atoms. The number of rotatable bonds is 4. The molecule has 1 amide bonds. The Hall–Kier alpha value is -1.10. The monoisotopic (exact) mass is 228 g/mol. The minimum Gasteiger partial charge on any atom is -0.468 e. The Balaban J connectivity index is 2.69. The molecule has 1 saturated carbocycles. The average Bonchev–Trinajstić information content (AvgIpc) is 2.20. The predicted octanol–water partition coefficient (Wildman–Crippen LogP) is 0.278. The number of nitrogens with zero attached hydrogens (tertiary/aromatic N) is 1. The maximum Gasteiger partial charge on any atom is 0.325 e. The van der Waals surface area contributed by atoms with Crippen LogP contribution in [-0.4, -0.2) is 42.0 Å². The fourth-order valence-corrected chi connectivity index (χ4v) is 1.75. The number of ether oxygens (including phenoxy) is 1. The predicted molar refractivity (Wildman–Crippen MR) is 59.6 cm³/mol. The molecule has 1 fully saturated rings. The lowest BCUT2D eigenvalue weighted by molar-refractivity contribution is -0.152. The summed E-state index contributed by atoms with van der Waals surface area (Å²) < 4.78 is 4.57. The van der Waals surface area contributed by atoms with Crippen LogP contribution < -0.4 is 5.73 Å². The number of amides is 1. The zero-order valence-electron chi connectivity index (χ0n) is 10.2. The van der Waals surface area contributed by atoms with Crippen molar-refractivity contribution in [3.63, 3.8) is 0 Å². The molecular formula is C11H20N2O3. The lowest BCUT2D eigenvalue weighted by Gasteiger charge is -2.41. The fraction of sp³-hybridized carbons (Fsp3) is 0.818. The summed E-state index contributed by atoms with van der Waals surface area (Å²) in [6.07, 6.45) is 2.39. The van der Waals surface area contributed by atoms with E-state index in [-0.39, 0.29) is 18.5 Å². The van der Waals surface area contributed by atoms with Gasteiger partial charge < -0.3 is 15.4 Å². The van der Waals surface area contributed by atoms with Gasteiger partial charge in [-0.25, -0.2) is 0 Å². The van der Waals surface area contributed by atoms with Crippen molar-refractivity contribution in [3.8, 4) is 0 Å². The average molecular weight is 228 g/mol. The number of carbonyl (C=O) groups excluding carboxylic acids is 2. The van der Waals surface area contributed by atoms with Crippen molar-refractivity contribution in [3.05, 3.63) is 0 Å². The summed E-state index contributed by atoms with van der Waals surface area (Å²) in [6, 6.07) is -0.0485. The molecule has 92 valence electrons. The van der Waals surface area contributed by atoms with E-state index in [1.54, 1.807) is 0 Å². The molecule has 1 rings (SSSR count).